The van der Waals surface area contributed by atoms with Crippen LogP contribution >= 0.6 is 11.6 Å². The lowest BCUT2D eigenvalue weighted by Crippen LogP contribution is -2.34. The summed E-state index contributed by atoms with van der Waals surface area (Å²) in [5.41, 5.74) is 0.853. The highest BCUT2D eigenvalue weighted by Gasteiger charge is 2.14. The number of halogens is 1. The highest BCUT2D eigenvalue weighted by molar-refractivity contribution is 6.30. The van der Waals surface area contributed by atoms with E-state index in [1.807, 2.05) is 24.4 Å². The van der Waals surface area contributed by atoms with Gasteiger partial charge in [0.25, 0.3) is 0 Å². The Morgan fingerprint density at radius 1 is 1.32 bits per heavy atom. The van der Waals surface area contributed by atoms with Crippen molar-refractivity contribution in [1.29, 1.82) is 0 Å². The molecule has 1 unspecified atom stereocenters. The van der Waals surface area contributed by atoms with Gasteiger partial charge in [0.1, 0.15) is 0 Å². The smallest absolute Gasteiger partial charge is 0.411 e. The van der Waals surface area contributed by atoms with Crippen LogP contribution in [0.4, 0.5) is 10.5 Å². The van der Waals surface area contributed by atoms with Crippen molar-refractivity contribution in [3.63, 3.8) is 0 Å². The third kappa shape index (κ3) is 6.10. The summed E-state index contributed by atoms with van der Waals surface area (Å²) in [5.74, 6) is -0.507. The predicted octanol–water partition coefficient (Wildman–Crippen LogP) is 3.10. The molecule has 19 heavy (non-hydrogen) atoms. The average Bonchev–Trinajstić information content (AvgIpc) is 2.31. The molecule has 1 aromatic rings. The van der Waals surface area contributed by atoms with Crippen LogP contribution in [-0.4, -0.2) is 23.1 Å². The Morgan fingerprint density at radius 2 is 1.95 bits per heavy atom. The fourth-order valence-corrected chi connectivity index (χ4v) is 1.88. The molecule has 0 radical (unpaired) electrons. The van der Waals surface area contributed by atoms with E-state index < -0.39 is 12.0 Å². The number of hydrogen-bond acceptors (Lipinski definition) is 3. The highest BCUT2D eigenvalue weighted by atomic mass is 35.5. The Morgan fingerprint density at radius 3 is 2.47 bits per heavy atom. The Bertz CT molecular complexity index is 434. The molecule has 0 saturated carbocycles. The number of amides is 2. The third-order valence-corrected chi connectivity index (χ3v) is 2.78. The zero-order valence-corrected chi connectivity index (χ0v) is 11.4. The summed E-state index contributed by atoms with van der Waals surface area (Å²) in [5, 5.41) is 14.2. The molecule has 3 N–H and O–H groups in total. The maximum absolute atomic E-state index is 11.4. The van der Waals surface area contributed by atoms with E-state index >= 15 is 0 Å². The summed E-state index contributed by atoms with van der Waals surface area (Å²) in [6.07, 6.45) is 0.455. The van der Waals surface area contributed by atoms with Crippen LogP contribution in [0.25, 0.3) is 0 Å². The molecule has 0 aliphatic heterocycles. The van der Waals surface area contributed by atoms with Crippen LogP contribution in [0.5, 0.6) is 0 Å². The predicted molar refractivity (Wildman–Crippen MR) is 74.6 cm³/mol. The molecule has 0 heterocycles. The maximum Gasteiger partial charge on any atom is 0.411 e. The van der Waals surface area contributed by atoms with Crippen LogP contribution in [0.2, 0.25) is 5.02 Å². The summed E-state index contributed by atoms with van der Waals surface area (Å²) in [7, 11) is 0. The number of imide groups is 1. The second-order valence-corrected chi connectivity index (χ2v) is 4.63. The van der Waals surface area contributed by atoms with Gasteiger partial charge in [0.2, 0.25) is 5.91 Å². The molecule has 0 bridgehead atoms. The van der Waals surface area contributed by atoms with Gasteiger partial charge in [-0.2, -0.15) is 0 Å². The number of carboxylic acid groups (broad SMARTS) is 1. The first-order valence-electron chi connectivity index (χ1n) is 6.06. The molecule has 0 fully saturated rings. The number of benzene rings is 1. The van der Waals surface area contributed by atoms with Crippen LogP contribution in [0.1, 0.15) is 26.2 Å². The lowest BCUT2D eigenvalue weighted by molar-refractivity contribution is -0.120. The zero-order chi connectivity index (χ0) is 14.3. The Kier molecular flexibility index (Phi) is 6.15. The number of carbonyl (C=O) groups is 2. The largest absolute Gasteiger partial charge is 0.465 e. The van der Waals surface area contributed by atoms with Gasteiger partial charge in [-0.25, -0.2) is 4.79 Å². The summed E-state index contributed by atoms with van der Waals surface area (Å²) < 4.78 is 0. The lowest BCUT2D eigenvalue weighted by Gasteiger charge is -2.18. The number of hydrogen-bond donors (Lipinski definition) is 3. The molecule has 0 aromatic heterocycles. The molecule has 0 aliphatic carbocycles. The molecule has 0 spiro atoms. The second-order valence-electron chi connectivity index (χ2n) is 4.19. The minimum absolute atomic E-state index is 0.106. The summed E-state index contributed by atoms with van der Waals surface area (Å²) in [6, 6.07) is 7.04. The van der Waals surface area contributed by atoms with Gasteiger partial charge in [-0.1, -0.05) is 24.9 Å². The Labute approximate surface area is 117 Å². The topological polar surface area (TPSA) is 78.4 Å². The van der Waals surface area contributed by atoms with Gasteiger partial charge in [-0.05, 0) is 30.7 Å². The van der Waals surface area contributed by atoms with Crippen LogP contribution < -0.4 is 10.6 Å². The fraction of sp³-hybridized carbons (Fsp3) is 0.385. The standard InChI is InChI=1S/C13H17ClN2O3/c1-2-3-11(8-12(17)16-13(18)19)15-10-6-4-9(14)5-7-10/h4-7,11,15H,2-3,8H2,1H3,(H,16,17)(H,18,19). The van der Waals surface area contributed by atoms with Gasteiger partial charge < -0.3 is 10.4 Å². The van der Waals surface area contributed by atoms with Crippen LogP contribution in [0.3, 0.4) is 0 Å². The van der Waals surface area contributed by atoms with Crippen molar-refractivity contribution in [3.8, 4) is 0 Å². The quantitative estimate of drug-likeness (QED) is 0.750. The monoisotopic (exact) mass is 284 g/mol. The van der Waals surface area contributed by atoms with Gasteiger partial charge in [-0.3, -0.25) is 10.1 Å². The number of rotatable bonds is 6. The highest BCUT2D eigenvalue weighted by Crippen LogP contribution is 2.16. The van der Waals surface area contributed by atoms with Gasteiger partial charge in [0.05, 0.1) is 0 Å². The molecule has 5 nitrogen and oxygen atoms in total. The Hall–Kier alpha value is -1.75. The summed E-state index contributed by atoms with van der Waals surface area (Å²) >= 11 is 5.79. The van der Waals surface area contributed by atoms with Crippen molar-refractivity contribution in [3.05, 3.63) is 29.3 Å². The molecule has 2 amide bonds. The van der Waals surface area contributed by atoms with Crippen molar-refractivity contribution < 1.29 is 14.7 Å². The second kappa shape index (κ2) is 7.63. The summed E-state index contributed by atoms with van der Waals surface area (Å²) in [4.78, 5) is 21.8. The van der Waals surface area contributed by atoms with Gasteiger partial charge in [0.15, 0.2) is 0 Å². The normalized spacial score (nSPS) is 11.7. The number of carbonyl (C=O) groups excluding carboxylic acids is 1. The number of nitrogens with one attached hydrogen (secondary N) is 2. The maximum atomic E-state index is 11.4. The van der Waals surface area contributed by atoms with Crippen molar-refractivity contribution >= 4 is 29.3 Å². The molecular weight excluding hydrogens is 268 g/mol. The SMILES string of the molecule is CCCC(CC(=O)NC(=O)O)Nc1ccc(Cl)cc1. The third-order valence-electron chi connectivity index (χ3n) is 2.53. The first-order valence-corrected chi connectivity index (χ1v) is 6.44. The first kappa shape index (κ1) is 15.3. The number of anilines is 1. The molecular formula is C13H17ClN2O3. The fourth-order valence-electron chi connectivity index (χ4n) is 1.75. The molecule has 0 saturated heterocycles. The molecule has 6 heteroatoms. The van der Waals surface area contributed by atoms with E-state index in [1.165, 1.54) is 0 Å². The molecule has 1 atom stereocenters. The molecule has 0 aliphatic rings. The van der Waals surface area contributed by atoms with Gasteiger partial charge >= 0.3 is 6.09 Å². The first-order chi connectivity index (χ1) is 9.01. The van der Waals surface area contributed by atoms with Gasteiger partial charge in [-0.15, -0.1) is 0 Å². The minimum atomic E-state index is -1.33. The lowest BCUT2D eigenvalue weighted by atomic mass is 10.1. The molecule has 1 aromatic carbocycles. The average molecular weight is 285 g/mol. The minimum Gasteiger partial charge on any atom is -0.465 e. The van der Waals surface area contributed by atoms with Crippen molar-refractivity contribution in [2.24, 2.45) is 0 Å². The zero-order valence-electron chi connectivity index (χ0n) is 10.6. The van der Waals surface area contributed by atoms with E-state index in [2.05, 4.69) is 5.32 Å². The van der Waals surface area contributed by atoms with E-state index in [9.17, 15) is 9.59 Å². The van der Waals surface area contributed by atoms with E-state index in [0.717, 1.165) is 18.5 Å². The van der Waals surface area contributed by atoms with Crippen molar-refractivity contribution in [2.45, 2.75) is 32.2 Å². The molecule has 1 rings (SSSR count). The van der Waals surface area contributed by atoms with Crippen molar-refractivity contribution in [2.75, 3.05) is 5.32 Å². The van der Waals surface area contributed by atoms with E-state index in [0.29, 0.717) is 5.02 Å². The Balaban J connectivity index is 2.59. The van der Waals surface area contributed by atoms with Crippen molar-refractivity contribution in [1.82, 2.24) is 5.32 Å². The molecule has 104 valence electrons. The van der Waals surface area contributed by atoms with Gasteiger partial charge in [0, 0.05) is 23.2 Å². The van der Waals surface area contributed by atoms with E-state index in [4.69, 9.17) is 16.7 Å². The van der Waals surface area contributed by atoms with E-state index in [-0.39, 0.29) is 12.5 Å². The summed E-state index contributed by atoms with van der Waals surface area (Å²) in [6.45, 7) is 2.01. The van der Waals surface area contributed by atoms with Crippen LogP contribution in [-0.2, 0) is 4.79 Å². The van der Waals surface area contributed by atoms with Crippen LogP contribution in [0, 0.1) is 0 Å². The van der Waals surface area contributed by atoms with E-state index in [1.54, 1.807) is 12.1 Å². The van der Waals surface area contributed by atoms with Crippen LogP contribution in [0.15, 0.2) is 24.3 Å².